The first-order chi connectivity index (χ1) is 7.68. The first-order valence-corrected chi connectivity index (χ1v) is 5.60. The number of carbonyl (C=O) groups excluding carboxylic acids is 1. The molecule has 0 amide bonds. The van der Waals surface area contributed by atoms with Gasteiger partial charge >= 0.3 is 0 Å². The molecule has 0 saturated carbocycles. The van der Waals surface area contributed by atoms with Gasteiger partial charge in [0.15, 0.2) is 5.78 Å². The Kier molecular flexibility index (Phi) is 3.31. The first-order valence-electron chi connectivity index (χ1n) is 4.43. The molecule has 2 rings (SSSR count). The summed E-state index contributed by atoms with van der Waals surface area (Å²) in [6.45, 7) is 0. The summed E-state index contributed by atoms with van der Waals surface area (Å²) >= 11 is 9.12. The van der Waals surface area contributed by atoms with Crippen LogP contribution < -0.4 is 0 Å². The molecule has 0 bridgehead atoms. The Morgan fingerprint density at radius 1 is 1.19 bits per heavy atom. The monoisotopic (exact) mass is 296 g/mol. The molecule has 1 aromatic carbocycles. The van der Waals surface area contributed by atoms with Crippen LogP contribution in [-0.4, -0.2) is 15.8 Å². The molecule has 80 valence electrons. The molecule has 0 unspecified atom stereocenters. The van der Waals surface area contributed by atoms with Gasteiger partial charge in [-0.25, -0.2) is 9.97 Å². The molecule has 0 saturated heterocycles. The zero-order valence-electron chi connectivity index (χ0n) is 8.02. The molecule has 0 atom stereocenters. The van der Waals surface area contributed by atoms with Gasteiger partial charge in [-0.15, -0.1) is 0 Å². The van der Waals surface area contributed by atoms with Crippen molar-refractivity contribution in [1.82, 2.24) is 9.97 Å². The van der Waals surface area contributed by atoms with Crippen molar-refractivity contribution in [2.45, 2.75) is 0 Å². The third kappa shape index (κ3) is 2.28. The van der Waals surface area contributed by atoms with Crippen molar-refractivity contribution in [3.8, 4) is 0 Å². The number of rotatable bonds is 2. The number of halogens is 2. The third-order valence-electron chi connectivity index (χ3n) is 2.00. The standard InChI is InChI=1S/C11H6BrClN2O/c12-9-3-7(1-2-10(9)13)11(16)8-4-14-6-15-5-8/h1-6H. The van der Waals surface area contributed by atoms with Crippen LogP contribution in [0.4, 0.5) is 0 Å². The lowest BCUT2D eigenvalue weighted by molar-refractivity contribution is 0.103. The highest BCUT2D eigenvalue weighted by Crippen LogP contribution is 2.24. The minimum absolute atomic E-state index is 0.127. The molecule has 0 spiro atoms. The predicted molar refractivity (Wildman–Crippen MR) is 64.6 cm³/mol. The Morgan fingerprint density at radius 3 is 2.50 bits per heavy atom. The van der Waals surface area contributed by atoms with Crippen LogP contribution in [0.15, 0.2) is 41.4 Å². The van der Waals surface area contributed by atoms with Crippen LogP contribution in [0.1, 0.15) is 15.9 Å². The molecule has 16 heavy (non-hydrogen) atoms. The van der Waals surface area contributed by atoms with Crippen LogP contribution in [0, 0.1) is 0 Å². The van der Waals surface area contributed by atoms with Crippen LogP contribution in [-0.2, 0) is 0 Å². The Labute approximate surface area is 106 Å². The fraction of sp³-hybridized carbons (Fsp3) is 0. The van der Waals surface area contributed by atoms with Crippen molar-refractivity contribution >= 4 is 33.3 Å². The number of benzene rings is 1. The van der Waals surface area contributed by atoms with Gasteiger partial charge in [0.05, 0.1) is 10.6 Å². The number of hydrogen-bond acceptors (Lipinski definition) is 3. The van der Waals surface area contributed by atoms with Crippen molar-refractivity contribution in [3.05, 3.63) is 57.5 Å². The Morgan fingerprint density at radius 2 is 1.88 bits per heavy atom. The maximum Gasteiger partial charge on any atom is 0.196 e. The second-order valence-corrected chi connectivity index (χ2v) is 4.35. The molecule has 2 aromatic rings. The maximum atomic E-state index is 12.0. The fourth-order valence-electron chi connectivity index (χ4n) is 1.22. The summed E-state index contributed by atoms with van der Waals surface area (Å²) in [7, 11) is 0. The molecule has 0 N–H and O–H groups in total. The van der Waals surface area contributed by atoms with E-state index in [2.05, 4.69) is 25.9 Å². The number of ketones is 1. The number of carbonyl (C=O) groups is 1. The van der Waals surface area contributed by atoms with Crippen molar-refractivity contribution < 1.29 is 4.79 Å². The second kappa shape index (κ2) is 4.72. The zero-order chi connectivity index (χ0) is 11.5. The Balaban J connectivity index is 2.39. The Bertz CT molecular complexity index is 531. The fourth-order valence-corrected chi connectivity index (χ4v) is 1.72. The van der Waals surface area contributed by atoms with E-state index >= 15 is 0 Å². The van der Waals surface area contributed by atoms with E-state index in [9.17, 15) is 4.79 Å². The summed E-state index contributed by atoms with van der Waals surface area (Å²) in [5.74, 6) is -0.127. The van der Waals surface area contributed by atoms with Crippen molar-refractivity contribution in [3.63, 3.8) is 0 Å². The average Bonchev–Trinajstić information content (AvgIpc) is 2.33. The molecule has 0 aliphatic rings. The summed E-state index contributed by atoms with van der Waals surface area (Å²) in [6, 6.07) is 5.02. The van der Waals surface area contributed by atoms with E-state index < -0.39 is 0 Å². The van der Waals surface area contributed by atoms with Crippen LogP contribution >= 0.6 is 27.5 Å². The molecule has 0 radical (unpaired) electrons. The summed E-state index contributed by atoms with van der Waals surface area (Å²) < 4.78 is 0.692. The summed E-state index contributed by atoms with van der Waals surface area (Å²) in [4.78, 5) is 19.6. The van der Waals surface area contributed by atoms with Gasteiger partial charge in [-0.3, -0.25) is 4.79 Å². The minimum atomic E-state index is -0.127. The predicted octanol–water partition coefficient (Wildman–Crippen LogP) is 3.12. The summed E-state index contributed by atoms with van der Waals surface area (Å²) in [6.07, 6.45) is 4.35. The first kappa shape index (κ1) is 11.2. The molecule has 0 fully saturated rings. The van der Waals surface area contributed by atoms with Gasteiger partial charge in [0.25, 0.3) is 0 Å². The average molecular weight is 298 g/mol. The number of nitrogens with zero attached hydrogens (tertiary/aromatic N) is 2. The minimum Gasteiger partial charge on any atom is -0.288 e. The normalized spacial score (nSPS) is 10.1. The molecule has 3 nitrogen and oxygen atoms in total. The van der Waals surface area contributed by atoms with E-state index in [0.717, 1.165) is 0 Å². The van der Waals surface area contributed by atoms with Gasteiger partial charge in [0.2, 0.25) is 0 Å². The lowest BCUT2D eigenvalue weighted by Gasteiger charge is -2.01. The third-order valence-corrected chi connectivity index (χ3v) is 3.22. The van der Waals surface area contributed by atoms with Crippen LogP contribution in [0.25, 0.3) is 0 Å². The Hall–Kier alpha value is -1.26. The highest BCUT2D eigenvalue weighted by molar-refractivity contribution is 9.10. The molecule has 0 aliphatic carbocycles. The highest BCUT2D eigenvalue weighted by atomic mass is 79.9. The molecule has 5 heteroatoms. The number of hydrogen-bond donors (Lipinski definition) is 0. The van der Waals surface area contributed by atoms with Gasteiger partial charge < -0.3 is 0 Å². The van der Waals surface area contributed by atoms with E-state index in [-0.39, 0.29) is 5.78 Å². The highest BCUT2D eigenvalue weighted by Gasteiger charge is 2.10. The smallest absolute Gasteiger partial charge is 0.196 e. The topological polar surface area (TPSA) is 42.9 Å². The van der Waals surface area contributed by atoms with Gasteiger partial charge in [-0.2, -0.15) is 0 Å². The lowest BCUT2D eigenvalue weighted by Crippen LogP contribution is -2.02. The van der Waals surface area contributed by atoms with Gasteiger partial charge in [-0.1, -0.05) is 11.6 Å². The van der Waals surface area contributed by atoms with Crippen molar-refractivity contribution in [1.29, 1.82) is 0 Å². The molecule has 0 aliphatic heterocycles. The number of aromatic nitrogens is 2. The summed E-state index contributed by atoms with van der Waals surface area (Å²) in [5, 5.41) is 0.570. The molecule has 1 aromatic heterocycles. The quantitative estimate of drug-likeness (QED) is 0.800. The summed E-state index contributed by atoms with van der Waals surface area (Å²) in [5.41, 5.74) is 1.00. The van der Waals surface area contributed by atoms with Crippen LogP contribution in [0.5, 0.6) is 0 Å². The second-order valence-electron chi connectivity index (χ2n) is 3.09. The molecular weight excluding hydrogens is 291 g/mol. The molecule has 1 heterocycles. The van der Waals surface area contributed by atoms with Crippen molar-refractivity contribution in [2.24, 2.45) is 0 Å². The van der Waals surface area contributed by atoms with Crippen LogP contribution in [0.2, 0.25) is 5.02 Å². The van der Waals surface area contributed by atoms with E-state index in [1.54, 1.807) is 18.2 Å². The lowest BCUT2D eigenvalue weighted by atomic mass is 10.1. The SMILES string of the molecule is O=C(c1cncnc1)c1ccc(Cl)c(Br)c1. The molecular formula is C11H6BrClN2O. The van der Waals surface area contributed by atoms with E-state index in [0.29, 0.717) is 20.6 Å². The largest absolute Gasteiger partial charge is 0.288 e. The van der Waals surface area contributed by atoms with Crippen molar-refractivity contribution in [2.75, 3.05) is 0 Å². The zero-order valence-corrected chi connectivity index (χ0v) is 10.4. The van der Waals surface area contributed by atoms with E-state index in [4.69, 9.17) is 11.6 Å². The van der Waals surface area contributed by atoms with Crippen LogP contribution in [0.3, 0.4) is 0 Å². The van der Waals surface area contributed by atoms with Gasteiger partial charge in [0.1, 0.15) is 6.33 Å². The van der Waals surface area contributed by atoms with Gasteiger partial charge in [0, 0.05) is 22.4 Å². The van der Waals surface area contributed by atoms with Gasteiger partial charge in [-0.05, 0) is 34.1 Å². The van der Waals surface area contributed by atoms with E-state index in [1.165, 1.54) is 18.7 Å². The maximum absolute atomic E-state index is 12.0. The van der Waals surface area contributed by atoms with E-state index in [1.807, 2.05) is 0 Å².